The van der Waals surface area contributed by atoms with E-state index in [9.17, 15) is 0 Å². The summed E-state index contributed by atoms with van der Waals surface area (Å²) >= 11 is 8.22. The van der Waals surface area contributed by atoms with E-state index in [1.54, 1.807) is 6.56 Å². The molecule has 2 rings (SSSR count). The maximum Gasteiger partial charge on any atom is 0.0832 e. The minimum atomic E-state index is -0.312. The smallest absolute Gasteiger partial charge is 0.0832 e. The maximum atomic E-state index is 4.26. The third kappa shape index (κ3) is 4.75. The summed E-state index contributed by atoms with van der Waals surface area (Å²) in [5.74, 6) is 0. The summed E-state index contributed by atoms with van der Waals surface area (Å²) in [5.41, 5.74) is 0. The normalized spacial score (nSPS) is 17.3. The van der Waals surface area contributed by atoms with Crippen LogP contribution < -0.4 is 0 Å². The van der Waals surface area contributed by atoms with Crippen LogP contribution in [0, 0.1) is 0 Å². The molecule has 2 aliphatic rings. The second-order valence-electron chi connectivity index (χ2n) is 2.83. The molecule has 0 heterocycles. The fourth-order valence-electron chi connectivity index (χ4n) is 1.29. The van der Waals surface area contributed by atoms with Crippen LogP contribution in [0.5, 0.6) is 0 Å². The van der Waals surface area contributed by atoms with Crippen LogP contribution in [0.3, 0.4) is 0 Å². The van der Waals surface area contributed by atoms with Crippen LogP contribution in [0.15, 0.2) is 43.0 Å². The predicted octanol–water partition coefficient (Wildman–Crippen LogP) is 4.07. The van der Waals surface area contributed by atoms with Gasteiger partial charge in [-0.3, -0.25) is 0 Å². The van der Waals surface area contributed by atoms with Gasteiger partial charge in [-0.15, -0.1) is 0 Å². The summed E-state index contributed by atoms with van der Waals surface area (Å²) in [7, 11) is 0. The van der Waals surface area contributed by atoms with Crippen molar-refractivity contribution >= 4 is 23.7 Å². The quantitative estimate of drug-likeness (QED) is 0.747. The number of rotatable bonds is 2. The van der Waals surface area contributed by atoms with Crippen LogP contribution in [0.1, 0.15) is 12.8 Å². The summed E-state index contributed by atoms with van der Waals surface area (Å²) in [6.45, 7) is 0. The zero-order valence-electron chi connectivity index (χ0n) is 7.54. The molecule has 74 valence electrons. The Bertz CT molecular complexity index is 264. The van der Waals surface area contributed by atoms with Crippen LogP contribution in [0.2, 0.25) is 0 Å². The molecule has 14 heavy (non-hydrogen) atoms. The zero-order chi connectivity index (χ0) is 10.2. The van der Waals surface area contributed by atoms with Crippen molar-refractivity contribution in [2.24, 2.45) is 0 Å². The van der Waals surface area contributed by atoms with E-state index in [4.69, 9.17) is 0 Å². The minimum Gasteiger partial charge on any atom is -0.166 e. The molecule has 0 spiro atoms. The number of hydrogen-bond donors (Lipinski definition) is 0. The Morgan fingerprint density at radius 2 is 1.43 bits per heavy atom. The monoisotopic (exact) mass is 306 g/mol. The first-order valence-corrected chi connectivity index (χ1v) is 7.32. The molecule has 0 saturated heterocycles. The van der Waals surface area contributed by atoms with Crippen LogP contribution in [0.4, 0.5) is 0 Å². The average Bonchev–Trinajstić information content (AvgIpc) is 2.79. The Morgan fingerprint density at radius 1 is 1.00 bits per heavy atom. The Kier molecular flexibility index (Phi) is 6.80. The Morgan fingerprint density at radius 3 is 1.71 bits per heavy atom. The fourth-order valence-corrected chi connectivity index (χ4v) is 4.26. The SMILES string of the molecule is C1=CC[C]([Zr][C]2=CC=CC2)=C1.ClOCl. The van der Waals surface area contributed by atoms with E-state index in [1.165, 1.54) is 12.8 Å². The first-order valence-electron chi connectivity index (χ1n) is 4.24. The van der Waals surface area contributed by atoms with Crippen molar-refractivity contribution in [1.82, 2.24) is 0 Å². The molecule has 0 N–H and O–H groups in total. The molecular weight excluding hydrogens is 298 g/mol. The van der Waals surface area contributed by atoms with Crippen LogP contribution >= 0.6 is 23.7 Å². The molecule has 0 unspecified atom stereocenters. The van der Waals surface area contributed by atoms with Crippen molar-refractivity contribution in [2.45, 2.75) is 12.8 Å². The van der Waals surface area contributed by atoms with E-state index in [1.807, 2.05) is 0 Å². The van der Waals surface area contributed by atoms with E-state index in [0.717, 1.165) is 0 Å². The predicted molar refractivity (Wildman–Crippen MR) is 56.5 cm³/mol. The van der Waals surface area contributed by atoms with Crippen molar-refractivity contribution in [3.05, 3.63) is 43.0 Å². The molecule has 0 aliphatic heterocycles. The standard InChI is InChI=1S/2C5H5.Cl2O.Zr/c2*1-2-4-5-3-1;1-3-2;/h2*1-3H,4H2;;. The average molecular weight is 308 g/mol. The number of allylic oxidation sites excluding steroid dienone is 8. The van der Waals surface area contributed by atoms with Gasteiger partial charge in [-0.2, -0.15) is 3.84 Å². The summed E-state index contributed by atoms with van der Waals surface area (Å²) in [5, 5.41) is 0. The van der Waals surface area contributed by atoms with Gasteiger partial charge in [0.05, 0.1) is 23.7 Å². The van der Waals surface area contributed by atoms with Crippen molar-refractivity contribution in [1.29, 1.82) is 0 Å². The van der Waals surface area contributed by atoms with Crippen molar-refractivity contribution < 1.29 is 27.1 Å². The molecule has 0 bridgehead atoms. The summed E-state index contributed by atoms with van der Waals surface area (Å²) in [6, 6.07) is 0. The molecular formula is C10H10Cl2OZr. The van der Waals surface area contributed by atoms with Gasteiger partial charge < -0.3 is 0 Å². The van der Waals surface area contributed by atoms with Gasteiger partial charge in [0, 0.05) is 0 Å². The van der Waals surface area contributed by atoms with E-state index in [0.29, 0.717) is 0 Å². The van der Waals surface area contributed by atoms with Gasteiger partial charge in [-0.05, 0) is 0 Å². The van der Waals surface area contributed by atoms with Crippen LogP contribution in [-0.4, -0.2) is 0 Å². The first kappa shape index (κ1) is 12.5. The molecule has 0 saturated carbocycles. The summed E-state index contributed by atoms with van der Waals surface area (Å²) < 4.78 is 6.65. The van der Waals surface area contributed by atoms with E-state index >= 15 is 0 Å². The molecule has 0 aromatic heterocycles. The summed E-state index contributed by atoms with van der Waals surface area (Å²) in [6.07, 6.45) is 16.0. The van der Waals surface area contributed by atoms with Gasteiger partial charge in [-0.25, -0.2) is 0 Å². The van der Waals surface area contributed by atoms with E-state index in [-0.39, 0.29) is 23.2 Å². The topological polar surface area (TPSA) is 9.23 Å². The van der Waals surface area contributed by atoms with Gasteiger partial charge in [0.1, 0.15) is 0 Å². The molecule has 1 nitrogen and oxygen atoms in total. The largest absolute Gasteiger partial charge is 0.166 e. The number of halogens is 2. The third-order valence-corrected chi connectivity index (χ3v) is 5.27. The molecule has 0 aromatic rings. The molecule has 0 amide bonds. The van der Waals surface area contributed by atoms with Crippen LogP contribution in [0.25, 0.3) is 0 Å². The van der Waals surface area contributed by atoms with Crippen molar-refractivity contribution in [2.75, 3.05) is 0 Å². The minimum absolute atomic E-state index is 0.312. The Labute approximate surface area is 106 Å². The fraction of sp³-hybridized carbons (Fsp3) is 0.200. The van der Waals surface area contributed by atoms with Gasteiger partial charge >= 0.3 is 79.1 Å². The van der Waals surface area contributed by atoms with Crippen LogP contribution in [-0.2, 0) is 27.1 Å². The molecule has 4 heteroatoms. The van der Waals surface area contributed by atoms with Gasteiger partial charge in [0.25, 0.3) is 0 Å². The first-order chi connectivity index (χ1) is 6.86. The van der Waals surface area contributed by atoms with Crippen molar-refractivity contribution in [3.8, 4) is 0 Å². The zero-order valence-corrected chi connectivity index (χ0v) is 11.5. The van der Waals surface area contributed by atoms with Gasteiger partial charge in [0.15, 0.2) is 0 Å². The molecule has 2 aliphatic carbocycles. The number of hydrogen-bond acceptors (Lipinski definition) is 1. The second-order valence-corrected chi connectivity index (χ2v) is 7.07. The molecule has 0 aromatic carbocycles. The third-order valence-electron chi connectivity index (χ3n) is 1.86. The molecule has 0 fully saturated rings. The van der Waals surface area contributed by atoms with E-state index in [2.05, 4.69) is 64.0 Å². The second kappa shape index (κ2) is 7.65. The molecule has 0 radical (unpaired) electrons. The van der Waals surface area contributed by atoms with Crippen molar-refractivity contribution in [3.63, 3.8) is 0 Å². The molecule has 0 atom stereocenters. The Hall–Kier alpha value is 0.383. The summed E-state index contributed by atoms with van der Waals surface area (Å²) in [4.78, 5) is 0. The van der Waals surface area contributed by atoms with Gasteiger partial charge in [0.2, 0.25) is 0 Å². The van der Waals surface area contributed by atoms with E-state index < -0.39 is 0 Å². The Balaban J connectivity index is 0.000000293. The van der Waals surface area contributed by atoms with Gasteiger partial charge in [-0.1, -0.05) is 0 Å². The maximum absolute atomic E-state index is 4.26.